The van der Waals surface area contributed by atoms with Gasteiger partial charge in [-0.05, 0) is 97.7 Å². The van der Waals surface area contributed by atoms with E-state index in [9.17, 15) is 20.1 Å². The summed E-state index contributed by atoms with van der Waals surface area (Å²) in [6, 6.07) is -0.888. The van der Waals surface area contributed by atoms with Crippen LogP contribution in [0.1, 0.15) is 105 Å². The van der Waals surface area contributed by atoms with Gasteiger partial charge in [0, 0.05) is 6.04 Å². The average Bonchev–Trinajstić information content (AvgIpc) is 3.19. The van der Waals surface area contributed by atoms with Gasteiger partial charge in [0.2, 0.25) is 0 Å². The number of rotatable bonds is 9. The van der Waals surface area contributed by atoms with Crippen LogP contribution in [0, 0.1) is 46.3 Å². The first-order chi connectivity index (χ1) is 17.1. The summed E-state index contributed by atoms with van der Waals surface area (Å²) in [5.74, 6) is 4.78. The van der Waals surface area contributed by atoms with Crippen molar-refractivity contribution in [2.24, 2.45) is 46.3 Å². The van der Waals surface area contributed by atoms with Gasteiger partial charge < -0.3 is 15.3 Å². The molecule has 0 aromatic carbocycles. The monoisotopic (exact) mass is 503 g/mol. The van der Waals surface area contributed by atoms with Crippen LogP contribution < -0.4 is 0 Å². The van der Waals surface area contributed by atoms with Gasteiger partial charge in [-0.1, -0.05) is 65.5 Å². The third-order valence-electron chi connectivity index (χ3n) is 11.7. The molecule has 4 aliphatic rings. The second-order valence-electron chi connectivity index (χ2n) is 13.9. The molecule has 5 heteroatoms. The number of fused-ring (bicyclic) bond motifs is 5. The highest BCUT2D eigenvalue weighted by Gasteiger charge is 2.59. The molecule has 0 bridgehead atoms. The highest BCUT2D eigenvalue weighted by atomic mass is 16.4. The summed E-state index contributed by atoms with van der Waals surface area (Å²) in [4.78, 5) is 13.4. The summed E-state index contributed by atoms with van der Waals surface area (Å²) in [5.41, 5.74) is 2.09. The fraction of sp³-hybridized carbons (Fsp3) is 0.903. The molecule has 0 radical (unpaired) electrons. The molecule has 0 spiro atoms. The van der Waals surface area contributed by atoms with Crippen LogP contribution in [0.3, 0.4) is 0 Å². The Morgan fingerprint density at radius 3 is 2.39 bits per heavy atom. The van der Waals surface area contributed by atoms with Crippen LogP contribution in [0.5, 0.6) is 0 Å². The van der Waals surface area contributed by atoms with Crippen LogP contribution in [0.15, 0.2) is 11.6 Å². The van der Waals surface area contributed by atoms with Crippen LogP contribution in [0.2, 0.25) is 0 Å². The van der Waals surface area contributed by atoms with E-state index in [4.69, 9.17) is 0 Å². The Hall–Kier alpha value is -1.07. The summed E-state index contributed by atoms with van der Waals surface area (Å²) >= 11 is 0. The number of allylic oxidation sites excluding steroid dienone is 1. The number of hydrogen-bond acceptors (Lipinski definition) is 3. The molecule has 36 heavy (non-hydrogen) atoms. The minimum atomic E-state index is -1.03. The Morgan fingerprint density at radius 2 is 1.75 bits per heavy atom. The lowest BCUT2D eigenvalue weighted by molar-refractivity contribution is -0.0566. The first kappa shape index (κ1) is 28.0. The Balaban J connectivity index is 1.49. The van der Waals surface area contributed by atoms with E-state index in [1.165, 1.54) is 55.4 Å². The minimum Gasteiger partial charge on any atom is -0.465 e. The van der Waals surface area contributed by atoms with Gasteiger partial charge in [-0.3, -0.25) is 4.90 Å². The van der Waals surface area contributed by atoms with Gasteiger partial charge in [0.15, 0.2) is 0 Å². The van der Waals surface area contributed by atoms with E-state index < -0.39 is 12.1 Å². The molecule has 0 aromatic rings. The molecular weight excluding hydrogens is 450 g/mol. The van der Waals surface area contributed by atoms with Gasteiger partial charge in [0.25, 0.3) is 0 Å². The lowest BCUT2D eigenvalue weighted by Crippen LogP contribution is -2.55. The molecule has 5 nitrogen and oxygen atoms in total. The molecular formula is C31H53NO4. The number of aliphatic hydroxyl groups is 2. The predicted molar refractivity (Wildman–Crippen MR) is 145 cm³/mol. The zero-order chi connectivity index (χ0) is 26.3. The summed E-state index contributed by atoms with van der Waals surface area (Å²) in [7, 11) is 0. The quantitative estimate of drug-likeness (QED) is 0.305. The van der Waals surface area contributed by atoms with Gasteiger partial charge in [-0.2, -0.15) is 0 Å². The molecule has 4 aliphatic carbocycles. The van der Waals surface area contributed by atoms with Crippen LogP contribution in [-0.2, 0) is 0 Å². The maximum atomic E-state index is 12.1. The average molecular weight is 504 g/mol. The third-order valence-corrected chi connectivity index (χ3v) is 11.7. The molecule has 3 fully saturated rings. The number of carboxylic acid groups (broad SMARTS) is 1. The third kappa shape index (κ3) is 4.88. The van der Waals surface area contributed by atoms with Gasteiger partial charge in [-0.15, -0.1) is 0 Å². The van der Waals surface area contributed by atoms with Crippen molar-refractivity contribution in [1.82, 2.24) is 4.90 Å². The van der Waals surface area contributed by atoms with Crippen LogP contribution in [0.4, 0.5) is 4.79 Å². The highest BCUT2D eigenvalue weighted by molar-refractivity contribution is 5.66. The Bertz CT molecular complexity index is 806. The first-order valence-electron chi connectivity index (χ1n) is 15.0. The van der Waals surface area contributed by atoms with Gasteiger partial charge in [-0.25, -0.2) is 4.79 Å². The fourth-order valence-electron chi connectivity index (χ4n) is 9.75. The molecule has 4 rings (SSSR count). The lowest BCUT2D eigenvalue weighted by Gasteiger charge is -2.59. The SMILES string of the molecule is CC(C)CCC[C@@H](C)[C@H]1CC[C@H]2[C@@H]3CC=C4C[C@@H](N(C(=O)O)C(CO)CO)CC[C@]4(C)[C@H]3CC[C@]12C. The van der Waals surface area contributed by atoms with E-state index in [0.29, 0.717) is 11.3 Å². The number of aliphatic hydroxyl groups excluding tert-OH is 2. The van der Waals surface area contributed by atoms with Crippen LogP contribution in [0.25, 0.3) is 0 Å². The van der Waals surface area contributed by atoms with Crippen molar-refractivity contribution in [2.75, 3.05) is 13.2 Å². The Morgan fingerprint density at radius 1 is 1.03 bits per heavy atom. The van der Waals surface area contributed by atoms with E-state index in [1.54, 1.807) is 0 Å². The van der Waals surface area contributed by atoms with Crippen molar-refractivity contribution in [3.8, 4) is 0 Å². The molecule has 0 heterocycles. The second-order valence-corrected chi connectivity index (χ2v) is 13.9. The fourth-order valence-corrected chi connectivity index (χ4v) is 9.75. The molecule has 3 saturated carbocycles. The standard InChI is InChI=1S/C31H53NO4/c1-20(2)7-6-8-21(3)26-11-12-27-25-10-9-22-17-23(32(29(35)36)24(18-33)19-34)13-15-30(22,4)28(25)14-16-31(26,27)5/h9,20-21,23-28,33-34H,6-8,10-19H2,1-5H3,(H,35,36)/t21-,23+,25+,26-,27+,28+,30+,31-/m1/s1. The van der Waals surface area contributed by atoms with Crippen molar-refractivity contribution < 1.29 is 20.1 Å². The van der Waals surface area contributed by atoms with Crippen molar-refractivity contribution >= 4 is 6.09 Å². The number of carbonyl (C=O) groups is 1. The first-order valence-corrected chi connectivity index (χ1v) is 15.0. The number of amides is 1. The summed E-state index contributed by atoms with van der Waals surface area (Å²) in [5, 5.41) is 29.2. The van der Waals surface area contributed by atoms with Crippen LogP contribution in [-0.4, -0.2) is 51.6 Å². The Labute approximate surface area is 219 Å². The van der Waals surface area contributed by atoms with E-state index in [0.717, 1.165) is 55.3 Å². The predicted octanol–water partition coefficient (Wildman–Crippen LogP) is 6.73. The molecule has 0 aromatic heterocycles. The molecule has 0 aliphatic heterocycles. The number of nitrogens with zero attached hydrogens (tertiary/aromatic N) is 1. The van der Waals surface area contributed by atoms with Gasteiger partial charge in [0.05, 0.1) is 19.3 Å². The van der Waals surface area contributed by atoms with E-state index in [1.807, 2.05) is 0 Å². The normalized spacial score (nSPS) is 38.8. The van der Waals surface area contributed by atoms with Gasteiger partial charge >= 0.3 is 6.09 Å². The van der Waals surface area contributed by atoms with E-state index >= 15 is 0 Å². The molecule has 3 N–H and O–H groups in total. The summed E-state index contributed by atoms with van der Waals surface area (Å²) in [6.07, 6.45) is 14.7. The summed E-state index contributed by atoms with van der Waals surface area (Å²) < 4.78 is 0. The molecule has 206 valence electrons. The lowest BCUT2D eigenvalue weighted by atomic mass is 9.46. The zero-order valence-corrected chi connectivity index (χ0v) is 23.6. The van der Waals surface area contributed by atoms with Crippen molar-refractivity contribution in [3.63, 3.8) is 0 Å². The Kier molecular flexibility index (Phi) is 8.51. The minimum absolute atomic E-state index is 0.154. The highest BCUT2D eigenvalue weighted by Crippen LogP contribution is 2.67. The van der Waals surface area contributed by atoms with E-state index in [-0.39, 0.29) is 24.7 Å². The van der Waals surface area contributed by atoms with E-state index in [2.05, 4.69) is 40.7 Å². The molecule has 0 saturated heterocycles. The maximum Gasteiger partial charge on any atom is 0.407 e. The number of hydrogen-bond donors (Lipinski definition) is 3. The van der Waals surface area contributed by atoms with Gasteiger partial charge in [0.1, 0.15) is 0 Å². The molecule has 0 unspecified atom stereocenters. The summed E-state index contributed by atoms with van der Waals surface area (Å²) in [6.45, 7) is 11.7. The van der Waals surface area contributed by atoms with Crippen molar-refractivity contribution in [1.29, 1.82) is 0 Å². The maximum absolute atomic E-state index is 12.1. The topological polar surface area (TPSA) is 81.0 Å². The largest absolute Gasteiger partial charge is 0.465 e. The molecule has 1 amide bonds. The second kappa shape index (κ2) is 11.0. The molecule has 8 atom stereocenters. The van der Waals surface area contributed by atoms with Crippen molar-refractivity contribution in [3.05, 3.63) is 11.6 Å². The van der Waals surface area contributed by atoms with Crippen molar-refractivity contribution in [2.45, 2.75) is 117 Å². The smallest absolute Gasteiger partial charge is 0.407 e. The van der Waals surface area contributed by atoms with Crippen LogP contribution >= 0.6 is 0 Å². The zero-order valence-electron chi connectivity index (χ0n) is 23.6.